The Labute approximate surface area is 90.1 Å². The van der Waals surface area contributed by atoms with Gasteiger partial charge in [-0.3, -0.25) is 0 Å². The zero-order valence-electron chi connectivity index (χ0n) is 9.61. The summed E-state index contributed by atoms with van der Waals surface area (Å²) in [5.74, 6) is 5.72. The summed E-state index contributed by atoms with van der Waals surface area (Å²) in [6.45, 7) is 6.41. The van der Waals surface area contributed by atoms with Crippen LogP contribution in [0.25, 0.3) is 0 Å². The van der Waals surface area contributed by atoms with E-state index in [0.29, 0.717) is 11.4 Å². The lowest BCUT2D eigenvalue weighted by Crippen LogP contribution is -2.10. The number of nitrogens with two attached hydrogens (primary N) is 1. The maximum Gasteiger partial charge on any atom is 0.146 e. The van der Waals surface area contributed by atoms with Crippen molar-refractivity contribution in [3.8, 4) is 5.75 Å². The summed E-state index contributed by atoms with van der Waals surface area (Å²) >= 11 is 0. The molecule has 0 spiro atoms. The van der Waals surface area contributed by atoms with E-state index in [1.165, 1.54) is 5.56 Å². The highest BCUT2D eigenvalue weighted by atomic mass is 16.5. The Kier molecular flexibility index (Phi) is 3.29. The Morgan fingerprint density at radius 2 is 1.93 bits per heavy atom. The molecule has 4 heteroatoms. The Morgan fingerprint density at radius 3 is 2.40 bits per heavy atom. The van der Waals surface area contributed by atoms with Crippen LogP contribution in [0.1, 0.15) is 26.3 Å². The van der Waals surface area contributed by atoms with E-state index in [1.54, 1.807) is 7.11 Å². The first-order valence-corrected chi connectivity index (χ1v) is 4.78. The second-order valence-electron chi connectivity index (χ2n) is 4.35. The lowest BCUT2D eigenvalue weighted by molar-refractivity contribution is 0.415. The number of methoxy groups -OCH3 is 1. The molecular weight excluding hydrogens is 190 g/mol. The van der Waals surface area contributed by atoms with E-state index in [1.807, 2.05) is 18.2 Å². The minimum absolute atomic E-state index is 0.0745. The SMILES string of the molecule is COc1ccc(C(C)(C)C)cc1N=NN. The number of nitrogens with zero attached hydrogens (tertiary/aromatic N) is 2. The molecule has 0 aliphatic rings. The van der Waals surface area contributed by atoms with Crippen molar-refractivity contribution < 1.29 is 4.74 Å². The Bertz CT molecular complexity index is 367. The topological polar surface area (TPSA) is 60.0 Å². The van der Waals surface area contributed by atoms with Gasteiger partial charge in [0.1, 0.15) is 11.4 Å². The summed E-state index contributed by atoms with van der Waals surface area (Å²) in [4.78, 5) is 0. The maximum atomic E-state index is 5.16. The molecule has 0 bridgehead atoms. The van der Waals surface area contributed by atoms with E-state index < -0.39 is 0 Å². The van der Waals surface area contributed by atoms with Crippen molar-refractivity contribution in [3.05, 3.63) is 23.8 Å². The van der Waals surface area contributed by atoms with Crippen LogP contribution >= 0.6 is 0 Å². The Morgan fingerprint density at radius 1 is 1.27 bits per heavy atom. The van der Waals surface area contributed by atoms with E-state index in [9.17, 15) is 0 Å². The number of benzene rings is 1. The number of ether oxygens (including phenoxy) is 1. The number of hydrogen-bond donors (Lipinski definition) is 1. The summed E-state index contributed by atoms with van der Waals surface area (Å²) in [6, 6.07) is 5.84. The van der Waals surface area contributed by atoms with E-state index in [4.69, 9.17) is 10.6 Å². The van der Waals surface area contributed by atoms with Gasteiger partial charge in [-0.05, 0) is 23.1 Å². The molecule has 0 aliphatic heterocycles. The van der Waals surface area contributed by atoms with Crippen LogP contribution in [0, 0.1) is 0 Å². The minimum atomic E-state index is 0.0745. The Hall–Kier alpha value is -1.58. The van der Waals surface area contributed by atoms with Gasteiger partial charge in [0.05, 0.1) is 7.11 Å². The first-order chi connectivity index (χ1) is 6.99. The zero-order valence-corrected chi connectivity index (χ0v) is 9.61. The smallest absolute Gasteiger partial charge is 0.146 e. The highest BCUT2D eigenvalue weighted by Crippen LogP contribution is 2.33. The fourth-order valence-electron chi connectivity index (χ4n) is 1.30. The third-order valence-corrected chi connectivity index (χ3v) is 2.21. The van der Waals surface area contributed by atoms with Crippen LogP contribution in [-0.2, 0) is 5.41 Å². The van der Waals surface area contributed by atoms with Crippen molar-refractivity contribution in [2.24, 2.45) is 16.2 Å². The molecule has 0 heterocycles. The fourth-order valence-corrected chi connectivity index (χ4v) is 1.30. The van der Waals surface area contributed by atoms with E-state index in [-0.39, 0.29) is 5.41 Å². The molecule has 0 saturated heterocycles. The van der Waals surface area contributed by atoms with Gasteiger partial charge in [-0.25, -0.2) is 0 Å². The van der Waals surface area contributed by atoms with Gasteiger partial charge in [-0.1, -0.05) is 32.1 Å². The summed E-state index contributed by atoms with van der Waals surface area (Å²) in [7, 11) is 1.60. The minimum Gasteiger partial charge on any atom is -0.494 e. The highest BCUT2D eigenvalue weighted by Gasteiger charge is 2.15. The van der Waals surface area contributed by atoms with Crippen LogP contribution in [0.4, 0.5) is 5.69 Å². The van der Waals surface area contributed by atoms with Gasteiger partial charge in [0.2, 0.25) is 0 Å². The van der Waals surface area contributed by atoms with Crippen LogP contribution in [0.5, 0.6) is 5.75 Å². The molecule has 0 fully saturated rings. The van der Waals surface area contributed by atoms with Crippen molar-refractivity contribution >= 4 is 5.69 Å². The predicted octanol–water partition coefficient (Wildman–Crippen LogP) is 2.95. The van der Waals surface area contributed by atoms with Gasteiger partial charge in [-0.2, -0.15) is 0 Å². The summed E-state index contributed by atoms with van der Waals surface area (Å²) < 4.78 is 5.16. The van der Waals surface area contributed by atoms with E-state index in [0.717, 1.165) is 0 Å². The first-order valence-electron chi connectivity index (χ1n) is 4.78. The first kappa shape index (κ1) is 11.5. The molecule has 2 N–H and O–H groups in total. The second kappa shape index (κ2) is 4.29. The average Bonchev–Trinajstić information content (AvgIpc) is 2.17. The van der Waals surface area contributed by atoms with Crippen molar-refractivity contribution in [2.45, 2.75) is 26.2 Å². The Balaban J connectivity index is 3.22. The highest BCUT2D eigenvalue weighted by molar-refractivity contribution is 5.54. The van der Waals surface area contributed by atoms with Gasteiger partial charge in [0, 0.05) is 0 Å². The fraction of sp³-hybridized carbons (Fsp3) is 0.455. The third kappa shape index (κ3) is 2.68. The lowest BCUT2D eigenvalue weighted by atomic mass is 9.87. The number of rotatable bonds is 2. The van der Waals surface area contributed by atoms with Gasteiger partial charge in [0.15, 0.2) is 0 Å². The predicted molar refractivity (Wildman–Crippen MR) is 60.4 cm³/mol. The molecule has 0 atom stereocenters. The van der Waals surface area contributed by atoms with Crippen LogP contribution < -0.4 is 10.6 Å². The maximum absolute atomic E-state index is 5.16. The molecule has 82 valence electrons. The van der Waals surface area contributed by atoms with Crippen LogP contribution in [0.2, 0.25) is 0 Å². The van der Waals surface area contributed by atoms with Crippen molar-refractivity contribution in [2.75, 3.05) is 7.11 Å². The van der Waals surface area contributed by atoms with Crippen molar-refractivity contribution in [1.29, 1.82) is 0 Å². The molecule has 4 nitrogen and oxygen atoms in total. The van der Waals surface area contributed by atoms with Crippen molar-refractivity contribution in [1.82, 2.24) is 0 Å². The summed E-state index contributed by atoms with van der Waals surface area (Å²) in [5.41, 5.74) is 1.91. The molecule has 1 aromatic rings. The second-order valence-corrected chi connectivity index (χ2v) is 4.35. The molecule has 1 rings (SSSR count). The van der Waals surface area contributed by atoms with Crippen LogP contribution in [0.3, 0.4) is 0 Å². The average molecular weight is 207 g/mol. The monoisotopic (exact) mass is 207 g/mol. The molecule has 0 saturated carbocycles. The van der Waals surface area contributed by atoms with Gasteiger partial charge in [0.25, 0.3) is 0 Å². The molecule has 0 unspecified atom stereocenters. The van der Waals surface area contributed by atoms with Gasteiger partial charge in [-0.15, -0.1) is 5.11 Å². The molecule has 0 amide bonds. The molecule has 15 heavy (non-hydrogen) atoms. The van der Waals surface area contributed by atoms with Crippen LogP contribution in [-0.4, -0.2) is 7.11 Å². The quantitative estimate of drug-likeness (QED) is 0.460. The standard InChI is InChI=1S/C11H17N3O/c1-11(2,3)8-5-6-10(15-4)9(7-8)13-14-12/h5-7H,1-4H3,(H2,12,13). The summed E-state index contributed by atoms with van der Waals surface area (Å²) in [5, 5.41) is 7.11. The lowest BCUT2D eigenvalue weighted by Gasteiger charge is -2.19. The van der Waals surface area contributed by atoms with Gasteiger partial charge >= 0.3 is 0 Å². The largest absolute Gasteiger partial charge is 0.494 e. The third-order valence-electron chi connectivity index (χ3n) is 2.21. The van der Waals surface area contributed by atoms with Crippen molar-refractivity contribution in [3.63, 3.8) is 0 Å². The molecule has 0 aliphatic carbocycles. The molecule has 1 aromatic carbocycles. The van der Waals surface area contributed by atoms with Gasteiger partial charge < -0.3 is 10.6 Å². The summed E-state index contributed by atoms with van der Waals surface area (Å²) in [6.07, 6.45) is 0. The molecule has 0 radical (unpaired) electrons. The normalized spacial score (nSPS) is 12.0. The van der Waals surface area contributed by atoms with Crippen LogP contribution in [0.15, 0.2) is 28.5 Å². The number of hydrogen-bond acceptors (Lipinski definition) is 3. The van der Waals surface area contributed by atoms with E-state index >= 15 is 0 Å². The zero-order chi connectivity index (χ0) is 11.5. The van der Waals surface area contributed by atoms with E-state index in [2.05, 4.69) is 31.1 Å². The molecular formula is C11H17N3O. The molecule has 0 aromatic heterocycles.